The summed E-state index contributed by atoms with van der Waals surface area (Å²) in [5.74, 6) is -0.327. The molecule has 10 heteroatoms. The first kappa shape index (κ1) is 19.7. The Labute approximate surface area is 164 Å². The van der Waals surface area contributed by atoms with Crippen LogP contribution in [0.4, 0.5) is 11.4 Å². The predicted octanol–water partition coefficient (Wildman–Crippen LogP) is 2.42. The van der Waals surface area contributed by atoms with Crippen molar-refractivity contribution in [3.05, 3.63) is 75.3 Å². The highest BCUT2D eigenvalue weighted by Gasteiger charge is 2.21. The van der Waals surface area contributed by atoms with E-state index in [0.29, 0.717) is 5.69 Å². The molecule has 0 saturated heterocycles. The summed E-state index contributed by atoms with van der Waals surface area (Å²) in [4.78, 5) is 39.3. The number of carbonyl (C=O) groups excluding carboxylic acids is 1. The third-order valence-corrected chi connectivity index (χ3v) is 4.20. The first-order valence-electron chi connectivity index (χ1n) is 8.54. The molecule has 0 radical (unpaired) electrons. The Morgan fingerprint density at radius 2 is 1.93 bits per heavy atom. The molecule has 1 unspecified atom stereocenters. The lowest BCUT2D eigenvalue weighted by atomic mass is 10.2. The number of hydrogen-bond acceptors (Lipinski definition) is 7. The number of nitro groups is 1. The molecular weight excluding hydrogens is 378 g/mol. The first-order valence-corrected chi connectivity index (χ1v) is 8.54. The normalized spacial score (nSPS) is 11.5. The second-order valence-electron chi connectivity index (χ2n) is 6.04. The maximum atomic E-state index is 12.7. The number of rotatable bonds is 6. The zero-order chi connectivity index (χ0) is 21.0. The summed E-state index contributed by atoms with van der Waals surface area (Å²) in [7, 11) is 1.38. The molecule has 148 valence electrons. The Morgan fingerprint density at radius 3 is 2.59 bits per heavy atom. The van der Waals surface area contributed by atoms with E-state index in [0.717, 1.165) is 10.2 Å². The van der Waals surface area contributed by atoms with Crippen LogP contribution in [0.1, 0.15) is 13.0 Å². The number of carbonyl (C=O) groups is 1. The molecule has 2 heterocycles. The number of nitro benzene ring substituents is 1. The van der Waals surface area contributed by atoms with Crippen LogP contribution in [0.25, 0.3) is 11.3 Å². The number of nitrogens with zero attached hydrogens (tertiary/aromatic N) is 4. The van der Waals surface area contributed by atoms with Gasteiger partial charge in [-0.05, 0) is 31.2 Å². The SMILES string of the molecule is COc1ccc([N+](=O)[O-])cc1NC(=O)C(C)n1nc(-c2ccncc2)ccc1=O. The molecule has 3 rings (SSSR count). The van der Waals surface area contributed by atoms with Crippen LogP contribution in [0, 0.1) is 10.1 Å². The Bertz CT molecular complexity index is 1110. The van der Waals surface area contributed by atoms with Gasteiger partial charge in [-0.25, -0.2) is 4.68 Å². The van der Waals surface area contributed by atoms with Crippen molar-refractivity contribution in [3.8, 4) is 17.0 Å². The van der Waals surface area contributed by atoms with Crippen LogP contribution >= 0.6 is 0 Å². The lowest BCUT2D eigenvalue weighted by Crippen LogP contribution is -2.33. The van der Waals surface area contributed by atoms with Gasteiger partial charge in [0.25, 0.3) is 11.2 Å². The minimum atomic E-state index is -0.978. The van der Waals surface area contributed by atoms with Crippen molar-refractivity contribution in [3.63, 3.8) is 0 Å². The minimum Gasteiger partial charge on any atom is -0.495 e. The van der Waals surface area contributed by atoms with E-state index in [9.17, 15) is 19.7 Å². The second-order valence-corrected chi connectivity index (χ2v) is 6.04. The summed E-state index contributed by atoms with van der Waals surface area (Å²) >= 11 is 0. The van der Waals surface area contributed by atoms with Gasteiger partial charge in [-0.3, -0.25) is 24.7 Å². The van der Waals surface area contributed by atoms with Crippen molar-refractivity contribution in [1.29, 1.82) is 0 Å². The zero-order valence-electron chi connectivity index (χ0n) is 15.6. The molecule has 0 aliphatic heterocycles. The Morgan fingerprint density at radius 1 is 1.21 bits per heavy atom. The smallest absolute Gasteiger partial charge is 0.271 e. The van der Waals surface area contributed by atoms with Crippen molar-refractivity contribution in [2.24, 2.45) is 0 Å². The van der Waals surface area contributed by atoms with Crippen LogP contribution < -0.4 is 15.6 Å². The topological polar surface area (TPSA) is 129 Å². The highest BCUT2D eigenvalue weighted by atomic mass is 16.6. The molecule has 29 heavy (non-hydrogen) atoms. The van der Waals surface area contributed by atoms with Gasteiger partial charge in [0.2, 0.25) is 5.91 Å². The monoisotopic (exact) mass is 395 g/mol. The summed E-state index contributed by atoms with van der Waals surface area (Å²) in [5.41, 5.74) is 0.693. The molecular formula is C19H17N5O5. The molecule has 2 aromatic heterocycles. The molecule has 0 saturated carbocycles. The number of non-ortho nitro benzene ring substituents is 1. The molecule has 0 spiro atoms. The second kappa shape index (κ2) is 8.30. The van der Waals surface area contributed by atoms with Gasteiger partial charge in [0, 0.05) is 36.2 Å². The lowest BCUT2D eigenvalue weighted by Gasteiger charge is -2.16. The van der Waals surface area contributed by atoms with Gasteiger partial charge in [0.05, 0.1) is 23.4 Å². The molecule has 0 bridgehead atoms. The quantitative estimate of drug-likeness (QED) is 0.501. The zero-order valence-corrected chi connectivity index (χ0v) is 15.6. The van der Waals surface area contributed by atoms with Crippen molar-refractivity contribution in [2.75, 3.05) is 12.4 Å². The van der Waals surface area contributed by atoms with Gasteiger partial charge in [-0.2, -0.15) is 5.10 Å². The van der Waals surface area contributed by atoms with Crippen LogP contribution in [0.15, 0.2) is 59.7 Å². The standard InChI is InChI=1S/C19H17N5O5/c1-12(19(26)21-16-11-14(24(27)28)3-5-17(16)29-2)23-18(25)6-4-15(22-23)13-7-9-20-10-8-13/h3-12H,1-2H3,(H,21,26). The molecule has 0 aliphatic rings. The molecule has 10 nitrogen and oxygen atoms in total. The van der Waals surface area contributed by atoms with Gasteiger partial charge in [-0.1, -0.05) is 0 Å². The number of benzene rings is 1. The molecule has 1 amide bonds. The van der Waals surface area contributed by atoms with Gasteiger partial charge >= 0.3 is 0 Å². The van der Waals surface area contributed by atoms with Crippen LogP contribution in [-0.4, -0.2) is 32.7 Å². The molecule has 0 aliphatic carbocycles. The fraction of sp³-hybridized carbons (Fsp3) is 0.158. The number of anilines is 1. The fourth-order valence-electron chi connectivity index (χ4n) is 2.63. The number of hydrogen-bond donors (Lipinski definition) is 1. The first-order chi connectivity index (χ1) is 13.9. The maximum absolute atomic E-state index is 12.7. The highest BCUT2D eigenvalue weighted by molar-refractivity contribution is 5.95. The van der Waals surface area contributed by atoms with Crippen molar-refractivity contribution in [1.82, 2.24) is 14.8 Å². The van der Waals surface area contributed by atoms with Crippen LogP contribution in [0.2, 0.25) is 0 Å². The molecule has 1 N–H and O–H groups in total. The van der Waals surface area contributed by atoms with Gasteiger partial charge in [-0.15, -0.1) is 0 Å². The number of nitrogens with one attached hydrogen (secondary N) is 1. The Kier molecular flexibility index (Phi) is 5.63. The average Bonchev–Trinajstić information content (AvgIpc) is 2.74. The van der Waals surface area contributed by atoms with Crippen LogP contribution in [-0.2, 0) is 4.79 Å². The number of methoxy groups -OCH3 is 1. The summed E-state index contributed by atoms with van der Waals surface area (Å²) in [6.45, 7) is 1.50. The molecule has 1 atom stereocenters. The minimum absolute atomic E-state index is 0.122. The van der Waals surface area contributed by atoms with E-state index >= 15 is 0 Å². The summed E-state index contributed by atoms with van der Waals surface area (Å²) in [6, 6.07) is 9.20. The van der Waals surface area contributed by atoms with Crippen molar-refractivity contribution >= 4 is 17.3 Å². The largest absolute Gasteiger partial charge is 0.495 e. The molecule has 1 aromatic carbocycles. The number of amides is 1. The third kappa shape index (κ3) is 4.26. The Balaban J connectivity index is 1.90. The molecule has 3 aromatic rings. The van der Waals surface area contributed by atoms with Crippen LogP contribution in [0.3, 0.4) is 0 Å². The van der Waals surface area contributed by atoms with Crippen molar-refractivity contribution in [2.45, 2.75) is 13.0 Å². The van der Waals surface area contributed by atoms with E-state index in [-0.39, 0.29) is 17.1 Å². The van der Waals surface area contributed by atoms with Gasteiger partial charge in [0.1, 0.15) is 11.8 Å². The van der Waals surface area contributed by atoms with Crippen LogP contribution in [0.5, 0.6) is 5.75 Å². The van der Waals surface area contributed by atoms with Gasteiger partial charge in [0.15, 0.2) is 0 Å². The number of ether oxygens (including phenoxy) is 1. The summed E-state index contributed by atoms with van der Waals surface area (Å²) < 4.78 is 6.19. The van der Waals surface area contributed by atoms with E-state index < -0.39 is 22.4 Å². The predicted molar refractivity (Wildman–Crippen MR) is 105 cm³/mol. The van der Waals surface area contributed by atoms with E-state index in [4.69, 9.17) is 4.74 Å². The maximum Gasteiger partial charge on any atom is 0.271 e. The third-order valence-electron chi connectivity index (χ3n) is 4.20. The van der Waals surface area contributed by atoms with E-state index in [2.05, 4.69) is 15.4 Å². The fourth-order valence-corrected chi connectivity index (χ4v) is 2.63. The molecule has 0 fully saturated rings. The Hall–Kier alpha value is -4.08. The summed E-state index contributed by atoms with van der Waals surface area (Å²) in [5, 5.41) is 17.8. The summed E-state index contributed by atoms with van der Waals surface area (Å²) in [6.07, 6.45) is 3.19. The average molecular weight is 395 g/mol. The highest BCUT2D eigenvalue weighted by Crippen LogP contribution is 2.29. The number of pyridine rings is 1. The lowest BCUT2D eigenvalue weighted by molar-refractivity contribution is -0.384. The van der Waals surface area contributed by atoms with Gasteiger partial charge < -0.3 is 10.1 Å². The van der Waals surface area contributed by atoms with E-state index in [1.807, 2.05) is 0 Å². The van der Waals surface area contributed by atoms with E-state index in [1.54, 1.807) is 30.6 Å². The van der Waals surface area contributed by atoms with Crippen molar-refractivity contribution < 1.29 is 14.5 Å². The number of aromatic nitrogens is 3. The van der Waals surface area contributed by atoms with E-state index in [1.165, 1.54) is 38.3 Å².